The molecule has 244 valence electrons. The van der Waals surface area contributed by atoms with Gasteiger partial charge in [-0.1, -0.05) is 42.5 Å². The fourth-order valence-corrected chi connectivity index (χ4v) is 5.87. The maximum absolute atomic E-state index is 14.0. The molecular weight excluding hydrogens is 616 g/mol. The predicted molar refractivity (Wildman–Crippen MR) is 177 cm³/mol. The zero-order valence-electron chi connectivity index (χ0n) is 26.1. The van der Waals surface area contributed by atoms with Crippen LogP contribution in [0.4, 0.5) is 0 Å². The highest BCUT2D eigenvalue weighted by Gasteiger charge is 2.48. The number of halogens is 1. The maximum Gasteiger partial charge on any atom is 0.359 e. The molecule has 1 fully saturated rings. The van der Waals surface area contributed by atoms with E-state index in [4.69, 9.17) is 14.2 Å². The molecule has 0 saturated carbocycles. The second kappa shape index (κ2) is 17.4. The second-order valence-electron chi connectivity index (χ2n) is 11.0. The van der Waals surface area contributed by atoms with Crippen LogP contribution in [0.25, 0.3) is 0 Å². The van der Waals surface area contributed by atoms with E-state index in [1.54, 1.807) is 19.6 Å². The Morgan fingerprint density at radius 1 is 1.09 bits per heavy atom. The maximum atomic E-state index is 14.0. The van der Waals surface area contributed by atoms with E-state index in [1.165, 1.54) is 18.9 Å². The lowest BCUT2D eigenvalue weighted by molar-refractivity contribution is -0.182. The van der Waals surface area contributed by atoms with Crippen LogP contribution in [0.15, 0.2) is 67.1 Å². The fourth-order valence-electron chi connectivity index (χ4n) is 5.38. The summed E-state index contributed by atoms with van der Waals surface area (Å²) in [5, 5.41) is 6.21. The highest BCUT2D eigenvalue weighted by molar-refractivity contribution is 7.98. The molecule has 2 aromatic carbocycles. The van der Waals surface area contributed by atoms with Gasteiger partial charge >= 0.3 is 5.97 Å². The van der Waals surface area contributed by atoms with Crippen molar-refractivity contribution in [3.05, 3.63) is 83.9 Å². The molecule has 12 heteroatoms. The molecule has 2 heterocycles. The zero-order valence-corrected chi connectivity index (χ0v) is 27.7. The number of amides is 1. The molecule has 0 radical (unpaired) electrons. The summed E-state index contributed by atoms with van der Waals surface area (Å²) in [4.78, 5) is 44.7. The quantitative estimate of drug-likeness (QED) is 0.164. The average Bonchev–Trinajstić information content (AvgIpc) is 3.72. The number of Topliss-reactive ketones (excluding diaryl/α,β-unsaturated/α-hetero) is 1. The summed E-state index contributed by atoms with van der Waals surface area (Å²) in [7, 11) is 2.90. The van der Waals surface area contributed by atoms with E-state index >= 15 is 0 Å². The van der Waals surface area contributed by atoms with Crippen LogP contribution in [0.1, 0.15) is 42.5 Å². The number of thioether (sulfide) groups is 1. The number of benzene rings is 2. The van der Waals surface area contributed by atoms with E-state index in [9.17, 15) is 14.4 Å². The molecule has 0 spiro atoms. The van der Waals surface area contributed by atoms with E-state index in [2.05, 4.69) is 15.6 Å². The lowest BCUT2D eigenvalue weighted by Gasteiger charge is -2.36. The van der Waals surface area contributed by atoms with Gasteiger partial charge in [0.15, 0.2) is 5.78 Å². The minimum absolute atomic E-state index is 0. The monoisotopic (exact) mass is 658 g/mol. The van der Waals surface area contributed by atoms with Crippen molar-refractivity contribution in [2.24, 2.45) is 0 Å². The molecule has 45 heavy (non-hydrogen) atoms. The first-order valence-corrected chi connectivity index (χ1v) is 16.2. The molecule has 0 aliphatic carbocycles. The highest BCUT2D eigenvalue weighted by Crippen LogP contribution is 2.27. The van der Waals surface area contributed by atoms with Gasteiger partial charge in [-0.25, -0.2) is 9.78 Å². The first-order chi connectivity index (χ1) is 21.3. The van der Waals surface area contributed by atoms with Crippen molar-refractivity contribution in [2.45, 2.75) is 56.3 Å². The van der Waals surface area contributed by atoms with E-state index in [0.717, 1.165) is 29.0 Å². The van der Waals surface area contributed by atoms with Gasteiger partial charge in [-0.2, -0.15) is 11.8 Å². The van der Waals surface area contributed by atoms with Gasteiger partial charge in [0.05, 0.1) is 33.6 Å². The summed E-state index contributed by atoms with van der Waals surface area (Å²) in [5.74, 6) is 0.218. The van der Waals surface area contributed by atoms with E-state index in [-0.39, 0.29) is 50.0 Å². The molecule has 1 aliphatic rings. The largest absolute Gasteiger partial charge is 0.497 e. The molecule has 0 bridgehead atoms. The Labute approximate surface area is 275 Å². The SMILES string of the molecule is COC(=O)[C@](CCSC)(NC(=O)CCc1ccccc1)OC[C@]1(C(=O)Cc2cncn2Cc2ccc(OC)cc2)CCCN1.Cl. The van der Waals surface area contributed by atoms with E-state index < -0.39 is 17.2 Å². The van der Waals surface area contributed by atoms with Gasteiger partial charge in [0.2, 0.25) is 11.6 Å². The van der Waals surface area contributed by atoms with Gasteiger partial charge in [0.1, 0.15) is 11.3 Å². The molecule has 4 rings (SSSR count). The van der Waals surface area contributed by atoms with E-state index in [1.807, 2.05) is 65.4 Å². The summed E-state index contributed by atoms with van der Waals surface area (Å²) in [6.45, 7) is 1.10. The lowest BCUT2D eigenvalue weighted by Crippen LogP contribution is -2.61. The Hall–Kier alpha value is -3.38. The standard InChI is InChI=1S/C33H42N4O6S.ClH/c1-41-28-13-10-26(11-14-28)22-37-24-34-21-27(37)20-29(38)32(16-7-18-35-32)23-43-33(17-19-44-3,31(40)42-2)36-30(39)15-12-25-8-5-4-6-9-25;/h4-6,8-11,13-14,21,24,35H,7,12,15-20,22-23H2,1-3H3,(H,36,39);1H/t32-,33+;/m0./s1. The number of methoxy groups -OCH3 is 2. The molecule has 1 aromatic heterocycles. The van der Waals surface area contributed by atoms with Gasteiger partial charge in [-0.05, 0) is 61.1 Å². The first-order valence-electron chi connectivity index (χ1n) is 14.8. The number of hydrogen-bond donors (Lipinski definition) is 2. The third-order valence-electron chi connectivity index (χ3n) is 7.99. The number of hydrogen-bond acceptors (Lipinski definition) is 9. The van der Waals surface area contributed by atoms with Crippen LogP contribution >= 0.6 is 24.2 Å². The summed E-state index contributed by atoms with van der Waals surface area (Å²) in [6, 6.07) is 17.4. The molecule has 2 N–H and O–H groups in total. The van der Waals surface area contributed by atoms with Crippen LogP contribution in [0, 0.1) is 0 Å². The van der Waals surface area contributed by atoms with Gasteiger partial charge in [0, 0.05) is 31.3 Å². The van der Waals surface area contributed by atoms with Gasteiger partial charge in [0.25, 0.3) is 0 Å². The number of rotatable bonds is 17. The van der Waals surface area contributed by atoms with Gasteiger partial charge < -0.3 is 29.4 Å². The Bertz CT molecular complexity index is 1380. The van der Waals surface area contributed by atoms with Crippen molar-refractivity contribution < 1.29 is 28.6 Å². The summed E-state index contributed by atoms with van der Waals surface area (Å²) in [5.41, 5.74) is 0.0909. The van der Waals surface area contributed by atoms with Crippen LogP contribution in [0.5, 0.6) is 5.75 Å². The van der Waals surface area contributed by atoms with Crippen molar-refractivity contribution in [3.8, 4) is 5.75 Å². The van der Waals surface area contributed by atoms with Crippen molar-refractivity contribution in [3.63, 3.8) is 0 Å². The minimum atomic E-state index is -1.72. The van der Waals surface area contributed by atoms with Gasteiger partial charge in [-0.3, -0.25) is 9.59 Å². The number of ether oxygens (including phenoxy) is 3. The van der Waals surface area contributed by atoms with Crippen LogP contribution in [-0.2, 0) is 43.2 Å². The number of aryl methyl sites for hydroxylation is 1. The van der Waals surface area contributed by atoms with Crippen molar-refractivity contribution in [2.75, 3.05) is 39.4 Å². The molecule has 2 atom stereocenters. The van der Waals surface area contributed by atoms with E-state index in [0.29, 0.717) is 31.7 Å². The minimum Gasteiger partial charge on any atom is -0.497 e. The highest BCUT2D eigenvalue weighted by atomic mass is 35.5. The number of aromatic nitrogens is 2. The number of nitrogens with zero attached hydrogens (tertiary/aromatic N) is 2. The van der Waals surface area contributed by atoms with Crippen molar-refractivity contribution in [1.82, 2.24) is 20.2 Å². The number of ketones is 1. The van der Waals surface area contributed by atoms with Crippen molar-refractivity contribution >= 4 is 41.8 Å². The number of carbonyl (C=O) groups excluding carboxylic acids is 3. The Kier molecular flexibility index (Phi) is 13.9. The number of imidazole rings is 1. The Balaban J connectivity index is 0.00000552. The Morgan fingerprint density at radius 2 is 1.84 bits per heavy atom. The summed E-state index contributed by atoms with van der Waals surface area (Å²) in [6.07, 6.45) is 7.66. The van der Waals surface area contributed by atoms with Crippen molar-refractivity contribution in [1.29, 1.82) is 0 Å². The van der Waals surface area contributed by atoms with Crippen LogP contribution in [0.2, 0.25) is 0 Å². The van der Waals surface area contributed by atoms with Crippen LogP contribution in [-0.4, -0.2) is 77.9 Å². The fraction of sp³-hybridized carbons (Fsp3) is 0.455. The molecule has 1 amide bonds. The lowest BCUT2D eigenvalue weighted by atomic mass is 9.90. The Morgan fingerprint density at radius 3 is 2.49 bits per heavy atom. The molecule has 1 saturated heterocycles. The first kappa shape index (κ1) is 36.1. The van der Waals surface area contributed by atoms with Crippen LogP contribution < -0.4 is 15.4 Å². The van der Waals surface area contributed by atoms with Gasteiger partial charge in [-0.15, -0.1) is 12.4 Å². The second-order valence-corrected chi connectivity index (χ2v) is 11.9. The molecule has 10 nitrogen and oxygen atoms in total. The third-order valence-corrected chi connectivity index (χ3v) is 8.61. The topological polar surface area (TPSA) is 121 Å². The van der Waals surface area contributed by atoms with Crippen LogP contribution in [0.3, 0.4) is 0 Å². The zero-order chi connectivity index (χ0) is 31.4. The number of carbonyl (C=O) groups is 3. The summed E-state index contributed by atoms with van der Waals surface area (Å²) >= 11 is 1.53. The molecule has 0 unspecified atom stereocenters. The normalized spacial score (nSPS) is 17.1. The average molecular weight is 659 g/mol. The summed E-state index contributed by atoms with van der Waals surface area (Å²) < 4.78 is 18.7. The molecular formula is C33H43ClN4O6S. The molecule has 3 aromatic rings. The smallest absolute Gasteiger partial charge is 0.359 e. The number of esters is 1. The predicted octanol–water partition coefficient (Wildman–Crippen LogP) is 3.98. The number of nitrogens with one attached hydrogen (secondary N) is 2. The molecule has 1 aliphatic heterocycles. The third kappa shape index (κ3) is 9.56.